The molecule has 0 radical (unpaired) electrons. The summed E-state index contributed by atoms with van der Waals surface area (Å²) in [6.07, 6.45) is 0. The van der Waals surface area contributed by atoms with Crippen LogP contribution in [0.1, 0.15) is 36.7 Å². The second kappa shape index (κ2) is 8.14. The summed E-state index contributed by atoms with van der Waals surface area (Å²) in [5.74, 6) is -1.32. The fourth-order valence-corrected chi connectivity index (χ4v) is 3.35. The van der Waals surface area contributed by atoms with Gasteiger partial charge in [-0.1, -0.05) is 32.9 Å². The van der Waals surface area contributed by atoms with E-state index in [0.717, 1.165) is 23.8 Å². The van der Waals surface area contributed by atoms with Crippen molar-refractivity contribution in [2.24, 2.45) is 0 Å². The first-order valence-electron chi connectivity index (χ1n) is 8.24. The molecule has 9 heteroatoms. The molecule has 0 atom stereocenters. The maximum atomic E-state index is 12.5. The molecular formula is C19H21F2NO5S. The van der Waals surface area contributed by atoms with Crippen molar-refractivity contribution in [2.45, 2.75) is 37.7 Å². The molecule has 2 aromatic rings. The summed E-state index contributed by atoms with van der Waals surface area (Å²) < 4.78 is 60.8. The maximum absolute atomic E-state index is 12.5. The lowest BCUT2D eigenvalue weighted by Gasteiger charge is -2.19. The Balaban J connectivity index is 2.23. The number of alkyl halides is 2. The smallest absolute Gasteiger partial charge is 0.387 e. The van der Waals surface area contributed by atoms with Gasteiger partial charge in [0.05, 0.1) is 12.0 Å². The lowest BCUT2D eigenvalue weighted by atomic mass is 9.87. The van der Waals surface area contributed by atoms with Gasteiger partial charge in [-0.3, -0.25) is 4.79 Å². The van der Waals surface area contributed by atoms with E-state index in [0.29, 0.717) is 0 Å². The molecule has 0 aliphatic heterocycles. The Morgan fingerprint density at radius 1 is 1.04 bits per heavy atom. The normalized spacial score (nSPS) is 12.0. The molecule has 28 heavy (non-hydrogen) atoms. The molecule has 152 valence electrons. The van der Waals surface area contributed by atoms with Crippen LogP contribution in [0.3, 0.4) is 0 Å². The van der Waals surface area contributed by atoms with E-state index in [4.69, 9.17) is 4.74 Å². The van der Waals surface area contributed by atoms with Gasteiger partial charge >= 0.3 is 6.61 Å². The summed E-state index contributed by atoms with van der Waals surface area (Å²) >= 11 is 0. The summed E-state index contributed by atoms with van der Waals surface area (Å²) in [4.78, 5) is 12.3. The second-order valence-electron chi connectivity index (χ2n) is 6.95. The Morgan fingerprint density at radius 2 is 1.64 bits per heavy atom. The molecule has 2 aromatic carbocycles. The zero-order valence-corrected chi connectivity index (χ0v) is 16.6. The quantitative estimate of drug-likeness (QED) is 0.781. The molecule has 0 aliphatic carbocycles. The summed E-state index contributed by atoms with van der Waals surface area (Å²) in [5, 5.41) is 0. The van der Waals surface area contributed by atoms with Crippen molar-refractivity contribution in [3.63, 3.8) is 0 Å². The van der Waals surface area contributed by atoms with Gasteiger partial charge in [-0.2, -0.15) is 8.78 Å². The van der Waals surface area contributed by atoms with Crippen LogP contribution < -0.4 is 14.2 Å². The van der Waals surface area contributed by atoms with Gasteiger partial charge in [-0.25, -0.2) is 13.1 Å². The minimum Gasteiger partial charge on any atom is -0.493 e. The van der Waals surface area contributed by atoms with Crippen molar-refractivity contribution in [1.29, 1.82) is 0 Å². The molecule has 0 aliphatic rings. The fourth-order valence-electron chi connectivity index (χ4n) is 2.38. The number of methoxy groups -OCH3 is 1. The molecule has 1 N–H and O–H groups in total. The monoisotopic (exact) mass is 413 g/mol. The lowest BCUT2D eigenvalue weighted by molar-refractivity contribution is -0.0512. The predicted octanol–water partition coefficient (Wildman–Crippen LogP) is 3.71. The number of carbonyl (C=O) groups is 1. The van der Waals surface area contributed by atoms with Crippen LogP contribution in [0.5, 0.6) is 11.5 Å². The van der Waals surface area contributed by atoms with Crippen molar-refractivity contribution in [1.82, 2.24) is 4.72 Å². The van der Waals surface area contributed by atoms with Gasteiger partial charge in [0.1, 0.15) is 0 Å². The number of carbonyl (C=O) groups excluding carboxylic acids is 1. The zero-order chi connectivity index (χ0) is 21.1. The molecular weight excluding hydrogens is 392 g/mol. The largest absolute Gasteiger partial charge is 0.493 e. The molecule has 1 amide bonds. The van der Waals surface area contributed by atoms with E-state index in [9.17, 15) is 22.0 Å². The number of nitrogens with one attached hydrogen (secondary N) is 1. The molecule has 0 unspecified atom stereocenters. The van der Waals surface area contributed by atoms with Gasteiger partial charge in [0.2, 0.25) is 0 Å². The number of halogens is 2. The van der Waals surface area contributed by atoms with E-state index in [1.165, 1.54) is 19.2 Å². The van der Waals surface area contributed by atoms with Crippen molar-refractivity contribution >= 4 is 15.9 Å². The Kier molecular flexibility index (Phi) is 6.28. The molecule has 0 saturated carbocycles. The number of hydrogen-bond donors (Lipinski definition) is 1. The Labute approximate surface area is 162 Å². The topological polar surface area (TPSA) is 81.7 Å². The Morgan fingerprint density at radius 3 is 2.14 bits per heavy atom. The van der Waals surface area contributed by atoms with Crippen molar-refractivity contribution in [3.8, 4) is 11.5 Å². The highest BCUT2D eigenvalue weighted by molar-refractivity contribution is 7.90. The molecule has 0 fully saturated rings. The van der Waals surface area contributed by atoms with Gasteiger partial charge < -0.3 is 9.47 Å². The Bertz CT molecular complexity index is 951. The molecule has 6 nitrogen and oxygen atoms in total. The first-order valence-corrected chi connectivity index (χ1v) is 9.73. The van der Waals surface area contributed by atoms with Crippen LogP contribution in [0, 0.1) is 0 Å². The molecule has 0 aromatic heterocycles. The van der Waals surface area contributed by atoms with Crippen LogP contribution in [0.15, 0.2) is 47.4 Å². The first kappa shape index (κ1) is 21.6. The van der Waals surface area contributed by atoms with Crippen LogP contribution in [0.2, 0.25) is 0 Å². The number of rotatable bonds is 6. The minimum absolute atomic E-state index is 0.0709. The second-order valence-corrected chi connectivity index (χ2v) is 8.64. The highest BCUT2D eigenvalue weighted by atomic mass is 32.2. The minimum atomic E-state index is -4.11. The van der Waals surface area contributed by atoms with E-state index < -0.39 is 22.5 Å². The van der Waals surface area contributed by atoms with E-state index in [2.05, 4.69) is 4.74 Å². The predicted molar refractivity (Wildman–Crippen MR) is 99.4 cm³/mol. The van der Waals surface area contributed by atoms with Crippen LogP contribution in [0.4, 0.5) is 8.78 Å². The van der Waals surface area contributed by atoms with E-state index >= 15 is 0 Å². The average Bonchev–Trinajstić information content (AvgIpc) is 2.60. The number of ether oxygens (including phenoxy) is 2. The van der Waals surface area contributed by atoms with E-state index in [-0.39, 0.29) is 27.4 Å². The highest BCUT2D eigenvalue weighted by Crippen LogP contribution is 2.29. The van der Waals surface area contributed by atoms with Crippen LogP contribution in [0.25, 0.3) is 0 Å². The lowest BCUT2D eigenvalue weighted by Crippen LogP contribution is -2.30. The summed E-state index contributed by atoms with van der Waals surface area (Å²) in [6.45, 7) is 2.91. The summed E-state index contributed by atoms with van der Waals surface area (Å²) in [6, 6.07) is 9.56. The fraction of sp³-hybridized carbons (Fsp3) is 0.316. The third kappa shape index (κ3) is 5.19. The van der Waals surface area contributed by atoms with E-state index in [1.807, 2.05) is 25.5 Å². The number of amides is 1. The van der Waals surface area contributed by atoms with E-state index in [1.54, 1.807) is 12.1 Å². The maximum Gasteiger partial charge on any atom is 0.387 e. The Hall–Kier alpha value is -2.68. The molecule has 0 saturated heterocycles. The standard InChI is InChI=1S/C19H21F2NO5S/c1-19(2,3)13-6-8-14(9-7-13)28(24,25)22-17(23)12-5-10-15(27-18(20)21)16(11-12)26-4/h5-11,18H,1-4H3,(H,22,23). The third-order valence-electron chi connectivity index (χ3n) is 3.90. The molecule has 0 spiro atoms. The first-order chi connectivity index (χ1) is 12.9. The zero-order valence-electron chi connectivity index (χ0n) is 15.8. The highest BCUT2D eigenvalue weighted by Gasteiger charge is 2.22. The molecule has 0 heterocycles. The number of hydrogen-bond acceptors (Lipinski definition) is 5. The molecule has 0 bridgehead atoms. The van der Waals surface area contributed by atoms with Crippen molar-refractivity contribution in [2.75, 3.05) is 7.11 Å². The van der Waals surface area contributed by atoms with Crippen molar-refractivity contribution < 1.29 is 31.5 Å². The average molecular weight is 413 g/mol. The van der Waals surface area contributed by atoms with Gasteiger partial charge in [-0.05, 0) is 41.3 Å². The third-order valence-corrected chi connectivity index (χ3v) is 5.25. The summed E-state index contributed by atoms with van der Waals surface area (Å²) in [7, 11) is -2.90. The van der Waals surface area contributed by atoms with Crippen molar-refractivity contribution in [3.05, 3.63) is 53.6 Å². The van der Waals surface area contributed by atoms with Crippen LogP contribution in [-0.4, -0.2) is 28.0 Å². The molecule has 2 rings (SSSR count). The van der Waals surface area contributed by atoms with Gasteiger partial charge in [0, 0.05) is 5.56 Å². The van der Waals surface area contributed by atoms with Gasteiger partial charge in [0.25, 0.3) is 15.9 Å². The summed E-state index contributed by atoms with van der Waals surface area (Å²) in [5.41, 5.74) is 0.704. The van der Waals surface area contributed by atoms with Crippen LogP contribution in [-0.2, 0) is 15.4 Å². The number of sulfonamides is 1. The van der Waals surface area contributed by atoms with Crippen LogP contribution >= 0.6 is 0 Å². The van der Waals surface area contributed by atoms with Gasteiger partial charge in [-0.15, -0.1) is 0 Å². The number of benzene rings is 2. The SMILES string of the molecule is COc1cc(C(=O)NS(=O)(=O)c2ccc(C(C)(C)C)cc2)ccc1OC(F)F. The van der Waals surface area contributed by atoms with Gasteiger partial charge in [0.15, 0.2) is 11.5 Å².